The van der Waals surface area contributed by atoms with Crippen molar-refractivity contribution in [2.24, 2.45) is 5.10 Å². The smallest absolute Gasteiger partial charge is 0.277 e. The number of non-ortho nitro benzene ring substituents is 1. The maximum Gasteiger partial charge on any atom is 0.277 e. The maximum absolute atomic E-state index is 11.8. The molecule has 148 valence electrons. The number of carbonyl (C=O) groups excluding carboxylic acids is 1. The minimum Gasteiger partial charge on any atom is -0.504 e. The van der Waals surface area contributed by atoms with Crippen molar-refractivity contribution in [1.82, 2.24) is 5.43 Å². The van der Waals surface area contributed by atoms with Crippen LogP contribution in [0.25, 0.3) is 0 Å². The van der Waals surface area contributed by atoms with Gasteiger partial charge in [0.2, 0.25) is 0 Å². The second-order valence-corrected chi connectivity index (χ2v) is 6.07. The first-order valence-electron chi connectivity index (χ1n) is 7.85. The van der Waals surface area contributed by atoms with Gasteiger partial charge < -0.3 is 14.6 Å². The molecule has 11 heteroatoms. The van der Waals surface area contributed by atoms with Crippen molar-refractivity contribution in [3.8, 4) is 17.2 Å². The Labute approximate surface area is 169 Å². The predicted molar refractivity (Wildman–Crippen MR) is 104 cm³/mol. The summed E-state index contributed by atoms with van der Waals surface area (Å²) in [6, 6.07) is 6.74. The molecule has 0 bridgehead atoms. The van der Waals surface area contributed by atoms with E-state index >= 15 is 0 Å². The average Bonchev–Trinajstić information content (AvgIpc) is 2.65. The van der Waals surface area contributed by atoms with Gasteiger partial charge in [-0.2, -0.15) is 5.10 Å². The average molecular weight is 428 g/mol. The van der Waals surface area contributed by atoms with Crippen molar-refractivity contribution in [2.75, 3.05) is 13.2 Å². The van der Waals surface area contributed by atoms with E-state index in [-0.39, 0.29) is 40.1 Å². The van der Waals surface area contributed by atoms with Crippen molar-refractivity contribution in [3.63, 3.8) is 0 Å². The van der Waals surface area contributed by atoms with Crippen molar-refractivity contribution < 1.29 is 24.3 Å². The third-order valence-electron chi connectivity index (χ3n) is 3.24. The Morgan fingerprint density at radius 3 is 2.71 bits per heavy atom. The topological polar surface area (TPSA) is 123 Å². The van der Waals surface area contributed by atoms with E-state index in [0.29, 0.717) is 5.02 Å². The van der Waals surface area contributed by atoms with E-state index in [1.54, 1.807) is 13.0 Å². The molecule has 0 aromatic heterocycles. The highest BCUT2D eigenvalue weighted by molar-refractivity contribution is 6.34. The maximum atomic E-state index is 11.8. The summed E-state index contributed by atoms with van der Waals surface area (Å²) in [4.78, 5) is 22.2. The zero-order chi connectivity index (χ0) is 20.7. The van der Waals surface area contributed by atoms with E-state index in [4.69, 9.17) is 32.7 Å². The van der Waals surface area contributed by atoms with Crippen LogP contribution in [0.1, 0.15) is 12.5 Å². The number of halogens is 2. The van der Waals surface area contributed by atoms with Crippen LogP contribution in [0.2, 0.25) is 10.0 Å². The monoisotopic (exact) mass is 427 g/mol. The fourth-order valence-electron chi connectivity index (χ4n) is 2.02. The SMILES string of the molecule is CCOc1cc([N+](=O)[O-])cc(/C=N/NC(=O)COc2cc(Cl)ccc2Cl)c1O. The van der Waals surface area contributed by atoms with Crippen LogP contribution < -0.4 is 14.9 Å². The highest BCUT2D eigenvalue weighted by Crippen LogP contribution is 2.33. The van der Waals surface area contributed by atoms with Gasteiger partial charge in [0.05, 0.1) is 28.8 Å². The van der Waals surface area contributed by atoms with E-state index in [1.165, 1.54) is 12.1 Å². The Hall–Kier alpha value is -3.04. The summed E-state index contributed by atoms with van der Waals surface area (Å²) in [5.74, 6) is -0.802. The third-order valence-corrected chi connectivity index (χ3v) is 3.79. The molecule has 0 aliphatic rings. The summed E-state index contributed by atoms with van der Waals surface area (Å²) in [5, 5.41) is 25.4. The number of nitro groups is 1. The summed E-state index contributed by atoms with van der Waals surface area (Å²) in [6.45, 7) is 1.46. The summed E-state index contributed by atoms with van der Waals surface area (Å²) >= 11 is 11.7. The summed E-state index contributed by atoms with van der Waals surface area (Å²) in [6.07, 6.45) is 1.05. The Kier molecular flexibility index (Phi) is 7.42. The normalized spacial score (nSPS) is 10.7. The fourth-order valence-corrected chi connectivity index (χ4v) is 2.36. The van der Waals surface area contributed by atoms with Crippen LogP contribution in [0.3, 0.4) is 0 Å². The van der Waals surface area contributed by atoms with Crippen molar-refractivity contribution in [2.45, 2.75) is 6.92 Å². The highest BCUT2D eigenvalue weighted by atomic mass is 35.5. The van der Waals surface area contributed by atoms with Crippen molar-refractivity contribution in [3.05, 3.63) is 56.1 Å². The molecule has 0 aliphatic heterocycles. The molecule has 0 spiro atoms. The molecule has 0 radical (unpaired) electrons. The molecular weight excluding hydrogens is 413 g/mol. The third kappa shape index (κ3) is 5.73. The first kappa shape index (κ1) is 21.3. The van der Waals surface area contributed by atoms with Crippen LogP contribution in [0.5, 0.6) is 17.2 Å². The summed E-state index contributed by atoms with van der Waals surface area (Å²) in [5.41, 5.74) is 1.87. The molecule has 0 fully saturated rings. The molecule has 0 atom stereocenters. The first-order chi connectivity index (χ1) is 13.3. The van der Waals surface area contributed by atoms with Gasteiger partial charge in [0.15, 0.2) is 18.1 Å². The predicted octanol–water partition coefficient (Wildman–Crippen LogP) is 3.54. The first-order valence-corrected chi connectivity index (χ1v) is 8.61. The van der Waals surface area contributed by atoms with Gasteiger partial charge in [0, 0.05) is 22.7 Å². The number of hydrogen-bond acceptors (Lipinski definition) is 7. The van der Waals surface area contributed by atoms with Gasteiger partial charge in [-0.25, -0.2) is 5.43 Å². The molecule has 2 aromatic carbocycles. The number of rotatable bonds is 8. The number of amides is 1. The Morgan fingerprint density at radius 1 is 1.29 bits per heavy atom. The number of phenolic OH excluding ortho intramolecular Hbond substituents is 1. The molecule has 0 saturated carbocycles. The molecule has 0 unspecified atom stereocenters. The van der Waals surface area contributed by atoms with E-state index in [1.807, 2.05) is 0 Å². The number of phenols is 1. The Balaban J connectivity index is 2.04. The van der Waals surface area contributed by atoms with E-state index in [2.05, 4.69) is 10.5 Å². The quantitative estimate of drug-likeness (QED) is 0.377. The number of nitro benzene ring substituents is 1. The second-order valence-electron chi connectivity index (χ2n) is 5.23. The number of hydrazone groups is 1. The van der Waals surface area contributed by atoms with Gasteiger partial charge in [-0.3, -0.25) is 14.9 Å². The zero-order valence-corrected chi connectivity index (χ0v) is 16.0. The molecule has 2 rings (SSSR count). The van der Waals surface area contributed by atoms with Crippen molar-refractivity contribution >= 4 is 41.0 Å². The number of benzene rings is 2. The van der Waals surface area contributed by atoms with Gasteiger partial charge in [-0.1, -0.05) is 23.2 Å². The van der Waals surface area contributed by atoms with Crippen LogP contribution >= 0.6 is 23.2 Å². The van der Waals surface area contributed by atoms with Crippen LogP contribution in [-0.2, 0) is 4.79 Å². The number of ether oxygens (including phenoxy) is 2. The lowest BCUT2D eigenvalue weighted by Crippen LogP contribution is -2.24. The van der Waals surface area contributed by atoms with Crippen LogP contribution in [0, 0.1) is 10.1 Å². The number of hydrogen-bond donors (Lipinski definition) is 2. The Morgan fingerprint density at radius 2 is 2.04 bits per heavy atom. The number of aromatic hydroxyl groups is 1. The number of nitrogens with one attached hydrogen (secondary N) is 1. The highest BCUT2D eigenvalue weighted by Gasteiger charge is 2.16. The standard InChI is InChI=1S/C17H15Cl2N3O6/c1-2-27-15-7-12(22(25)26)5-10(17(15)24)8-20-21-16(23)9-28-14-6-11(18)3-4-13(14)19/h3-8,24H,2,9H2,1H3,(H,21,23)/b20-8+. The molecule has 0 heterocycles. The molecule has 0 saturated heterocycles. The van der Waals surface area contributed by atoms with Gasteiger partial charge in [-0.05, 0) is 19.1 Å². The molecule has 2 N–H and O–H groups in total. The molecule has 9 nitrogen and oxygen atoms in total. The molecule has 28 heavy (non-hydrogen) atoms. The molecule has 2 aromatic rings. The number of nitrogens with zero attached hydrogens (tertiary/aromatic N) is 2. The van der Waals surface area contributed by atoms with Gasteiger partial charge >= 0.3 is 0 Å². The minimum atomic E-state index is -0.638. The van der Waals surface area contributed by atoms with Gasteiger partial charge in [0.25, 0.3) is 11.6 Å². The summed E-state index contributed by atoms with van der Waals surface area (Å²) < 4.78 is 10.4. The number of carbonyl (C=O) groups is 1. The lowest BCUT2D eigenvalue weighted by atomic mass is 10.1. The molecule has 1 amide bonds. The largest absolute Gasteiger partial charge is 0.504 e. The second kappa shape index (κ2) is 9.77. The van der Waals surface area contributed by atoms with E-state index in [9.17, 15) is 20.0 Å². The molecule has 0 aliphatic carbocycles. The van der Waals surface area contributed by atoms with E-state index in [0.717, 1.165) is 18.3 Å². The lowest BCUT2D eigenvalue weighted by Gasteiger charge is -2.08. The van der Waals surface area contributed by atoms with E-state index < -0.39 is 17.4 Å². The Bertz CT molecular complexity index is 920. The van der Waals surface area contributed by atoms with Gasteiger partial charge in [0.1, 0.15) is 5.75 Å². The van der Waals surface area contributed by atoms with Crippen LogP contribution in [0.15, 0.2) is 35.4 Å². The lowest BCUT2D eigenvalue weighted by molar-refractivity contribution is -0.385. The zero-order valence-electron chi connectivity index (χ0n) is 14.5. The minimum absolute atomic E-state index is 0.00301. The van der Waals surface area contributed by atoms with Gasteiger partial charge in [-0.15, -0.1) is 0 Å². The fraction of sp³-hybridized carbons (Fsp3) is 0.176. The van der Waals surface area contributed by atoms with Crippen LogP contribution in [-0.4, -0.2) is 35.4 Å². The summed E-state index contributed by atoms with van der Waals surface area (Å²) in [7, 11) is 0. The molecular formula is C17H15Cl2N3O6. The van der Waals surface area contributed by atoms with Crippen LogP contribution in [0.4, 0.5) is 5.69 Å². The van der Waals surface area contributed by atoms with Crippen molar-refractivity contribution in [1.29, 1.82) is 0 Å².